The normalized spacial score (nSPS) is 10.8. The number of aromatic nitrogens is 1. The molecule has 2 aromatic carbocycles. The molecule has 34 heavy (non-hydrogen) atoms. The Hall–Kier alpha value is -2.66. The topological polar surface area (TPSA) is 98.0 Å². The number of nitro groups is 1. The Kier molecular flexibility index (Phi) is 9.87. The molecule has 0 atom stereocenters. The number of rotatable bonds is 10. The summed E-state index contributed by atoms with van der Waals surface area (Å²) in [7, 11) is 3.09. The van der Waals surface area contributed by atoms with E-state index in [1.165, 1.54) is 34.4 Å². The van der Waals surface area contributed by atoms with Crippen LogP contribution in [0, 0.1) is 10.1 Å². The highest BCUT2D eigenvalue weighted by molar-refractivity contribution is 7.22. The van der Waals surface area contributed by atoms with E-state index in [0.29, 0.717) is 35.2 Å². The Labute approximate surface area is 212 Å². The molecule has 1 aromatic heterocycles. The summed E-state index contributed by atoms with van der Waals surface area (Å²) in [5.74, 6) is 0.640. The number of amides is 1. The van der Waals surface area contributed by atoms with E-state index in [0.717, 1.165) is 17.8 Å². The van der Waals surface area contributed by atoms with E-state index in [1.807, 2.05) is 19.9 Å². The second-order valence-electron chi connectivity index (χ2n) is 7.08. The molecule has 0 bridgehead atoms. The van der Waals surface area contributed by atoms with Crippen molar-refractivity contribution in [3.63, 3.8) is 0 Å². The Morgan fingerprint density at radius 3 is 2.35 bits per heavy atom. The quantitative estimate of drug-likeness (QED) is 0.260. The second kappa shape index (κ2) is 12.2. The SMILES string of the molecule is CCN(CC)CCN(C(=O)c1cc([N+](=O)[O-])ccc1Cl)c1nc2cc(OC)c(OC)cc2s1.Cl. The highest BCUT2D eigenvalue weighted by Gasteiger charge is 2.26. The lowest BCUT2D eigenvalue weighted by Gasteiger charge is -2.25. The van der Waals surface area contributed by atoms with Crippen LogP contribution in [0.15, 0.2) is 30.3 Å². The fourth-order valence-corrected chi connectivity index (χ4v) is 4.56. The van der Waals surface area contributed by atoms with E-state index in [-0.39, 0.29) is 28.7 Å². The molecule has 0 aliphatic carbocycles. The fraction of sp³-hybridized carbons (Fsp3) is 0.364. The number of methoxy groups -OCH3 is 2. The predicted molar refractivity (Wildman–Crippen MR) is 138 cm³/mol. The molecule has 9 nitrogen and oxygen atoms in total. The summed E-state index contributed by atoms with van der Waals surface area (Å²) < 4.78 is 11.6. The zero-order chi connectivity index (χ0) is 24.1. The molecule has 0 N–H and O–H groups in total. The number of fused-ring (bicyclic) bond motifs is 1. The fourth-order valence-electron chi connectivity index (χ4n) is 3.36. The lowest BCUT2D eigenvalue weighted by atomic mass is 10.1. The van der Waals surface area contributed by atoms with Gasteiger partial charge in [-0.25, -0.2) is 4.98 Å². The first-order valence-electron chi connectivity index (χ1n) is 10.3. The van der Waals surface area contributed by atoms with Crippen molar-refractivity contribution in [3.8, 4) is 11.5 Å². The number of hydrogen-bond acceptors (Lipinski definition) is 8. The van der Waals surface area contributed by atoms with Crippen LogP contribution in [0.25, 0.3) is 10.2 Å². The van der Waals surface area contributed by atoms with Crippen LogP contribution in [0.5, 0.6) is 11.5 Å². The van der Waals surface area contributed by atoms with Crippen molar-refractivity contribution >= 4 is 62.3 Å². The Morgan fingerprint density at radius 2 is 1.76 bits per heavy atom. The molecule has 12 heteroatoms. The molecule has 3 rings (SSSR count). The van der Waals surface area contributed by atoms with Crippen LogP contribution >= 0.6 is 35.3 Å². The maximum Gasteiger partial charge on any atom is 0.270 e. The van der Waals surface area contributed by atoms with Gasteiger partial charge < -0.3 is 14.4 Å². The van der Waals surface area contributed by atoms with Crippen molar-refractivity contribution in [2.45, 2.75) is 13.8 Å². The first kappa shape index (κ1) is 27.6. The van der Waals surface area contributed by atoms with Crippen LogP contribution < -0.4 is 14.4 Å². The molecule has 184 valence electrons. The van der Waals surface area contributed by atoms with Gasteiger partial charge in [0.05, 0.1) is 39.9 Å². The van der Waals surface area contributed by atoms with Crippen molar-refractivity contribution in [1.82, 2.24) is 9.88 Å². The van der Waals surface area contributed by atoms with Gasteiger partial charge in [-0.05, 0) is 19.2 Å². The average molecular weight is 529 g/mol. The van der Waals surface area contributed by atoms with E-state index in [1.54, 1.807) is 20.3 Å². The van der Waals surface area contributed by atoms with Crippen LogP contribution in [0.1, 0.15) is 24.2 Å². The van der Waals surface area contributed by atoms with Gasteiger partial charge in [0.15, 0.2) is 16.6 Å². The van der Waals surface area contributed by atoms with Crippen LogP contribution in [-0.4, -0.2) is 61.1 Å². The molecule has 3 aromatic rings. The number of anilines is 1. The molecular formula is C22H26Cl2N4O5S. The standard InChI is InChI=1S/C22H25ClN4O5S.ClH/c1-5-25(6-2)9-10-26(21(28)15-11-14(27(29)30)7-8-16(15)23)22-24-17-12-18(31-3)19(32-4)13-20(17)33-22;/h7-8,11-13H,5-6,9-10H2,1-4H3;1H. The largest absolute Gasteiger partial charge is 0.493 e. The number of thiazole rings is 1. The summed E-state index contributed by atoms with van der Waals surface area (Å²) in [6, 6.07) is 7.40. The number of halogens is 2. The Morgan fingerprint density at radius 1 is 1.12 bits per heavy atom. The molecule has 1 amide bonds. The minimum Gasteiger partial charge on any atom is -0.493 e. The van der Waals surface area contributed by atoms with Gasteiger partial charge in [-0.1, -0.05) is 36.8 Å². The van der Waals surface area contributed by atoms with Gasteiger partial charge in [0, 0.05) is 37.4 Å². The lowest BCUT2D eigenvalue weighted by molar-refractivity contribution is -0.384. The van der Waals surface area contributed by atoms with Crippen LogP contribution in [0.3, 0.4) is 0 Å². The van der Waals surface area contributed by atoms with Crippen LogP contribution in [0.4, 0.5) is 10.8 Å². The lowest BCUT2D eigenvalue weighted by Crippen LogP contribution is -2.39. The second-order valence-corrected chi connectivity index (χ2v) is 8.49. The predicted octanol–water partition coefficient (Wildman–Crippen LogP) is 5.29. The zero-order valence-corrected chi connectivity index (χ0v) is 21.6. The van der Waals surface area contributed by atoms with Crippen molar-refractivity contribution in [1.29, 1.82) is 0 Å². The highest BCUT2D eigenvalue weighted by atomic mass is 35.5. The third-order valence-corrected chi connectivity index (χ3v) is 6.65. The smallest absolute Gasteiger partial charge is 0.270 e. The van der Waals surface area contributed by atoms with Gasteiger partial charge in [0.1, 0.15) is 0 Å². The first-order valence-corrected chi connectivity index (χ1v) is 11.5. The number of nitrogens with zero attached hydrogens (tertiary/aromatic N) is 4. The van der Waals surface area contributed by atoms with E-state index in [4.69, 9.17) is 21.1 Å². The molecule has 0 spiro atoms. The Bertz CT molecular complexity index is 1130. The number of ether oxygens (including phenoxy) is 2. The monoisotopic (exact) mass is 528 g/mol. The summed E-state index contributed by atoms with van der Waals surface area (Å²) in [4.78, 5) is 32.6. The molecule has 0 aliphatic rings. The van der Waals surface area contributed by atoms with Crippen molar-refractivity contribution in [2.24, 2.45) is 0 Å². The summed E-state index contributed by atoms with van der Waals surface area (Å²) in [5, 5.41) is 11.9. The number of carbonyl (C=O) groups is 1. The Balaban J connectivity index is 0.00000408. The third kappa shape index (κ3) is 5.87. The van der Waals surface area contributed by atoms with Gasteiger partial charge >= 0.3 is 0 Å². The number of hydrogen-bond donors (Lipinski definition) is 0. The third-order valence-electron chi connectivity index (χ3n) is 5.28. The maximum absolute atomic E-state index is 13.6. The molecule has 0 unspecified atom stereocenters. The minimum atomic E-state index is -0.552. The van der Waals surface area contributed by atoms with E-state index in [2.05, 4.69) is 9.88 Å². The molecule has 1 heterocycles. The van der Waals surface area contributed by atoms with Gasteiger partial charge in [-0.15, -0.1) is 12.4 Å². The van der Waals surface area contributed by atoms with Crippen molar-refractivity contribution in [2.75, 3.05) is 45.3 Å². The van der Waals surface area contributed by atoms with Crippen molar-refractivity contribution < 1.29 is 19.2 Å². The number of non-ortho nitro benzene ring substituents is 1. The molecule has 0 saturated carbocycles. The molecule has 0 radical (unpaired) electrons. The number of likely N-dealkylation sites (N-methyl/N-ethyl adjacent to an activating group) is 1. The number of nitro benzene ring substituents is 1. The molecule has 0 saturated heterocycles. The highest BCUT2D eigenvalue weighted by Crippen LogP contribution is 2.38. The van der Waals surface area contributed by atoms with Gasteiger partial charge in [-0.2, -0.15) is 0 Å². The van der Waals surface area contributed by atoms with Gasteiger partial charge in [0.2, 0.25) is 0 Å². The number of benzene rings is 2. The minimum absolute atomic E-state index is 0. The van der Waals surface area contributed by atoms with E-state index in [9.17, 15) is 14.9 Å². The van der Waals surface area contributed by atoms with E-state index >= 15 is 0 Å². The summed E-state index contributed by atoms with van der Waals surface area (Å²) >= 11 is 7.60. The zero-order valence-electron chi connectivity index (χ0n) is 19.2. The maximum atomic E-state index is 13.6. The van der Waals surface area contributed by atoms with Crippen molar-refractivity contribution in [3.05, 3.63) is 51.0 Å². The molecular weight excluding hydrogens is 503 g/mol. The van der Waals surface area contributed by atoms with Gasteiger partial charge in [0.25, 0.3) is 11.6 Å². The average Bonchev–Trinajstić information content (AvgIpc) is 3.23. The molecule has 0 fully saturated rings. The van der Waals surface area contributed by atoms with E-state index < -0.39 is 10.8 Å². The molecule has 0 aliphatic heterocycles. The first-order chi connectivity index (χ1) is 15.8. The van der Waals surface area contributed by atoms with Gasteiger partial charge in [-0.3, -0.25) is 19.8 Å². The number of carbonyl (C=O) groups excluding carboxylic acids is 1. The summed E-state index contributed by atoms with van der Waals surface area (Å²) in [6.07, 6.45) is 0. The van der Waals surface area contributed by atoms with Crippen LogP contribution in [-0.2, 0) is 0 Å². The summed E-state index contributed by atoms with van der Waals surface area (Å²) in [5.41, 5.74) is 0.503. The summed E-state index contributed by atoms with van der Waals surface area (Å²) in [6.45, 7) is 6.68. The van der Waals surface area contributed by atoms with Crippen LogP contribution in [0.2, 0.25) is 5.02 Å².